The number of aromatic hydroxyl groups is 1. The number of phenols is 1. The second kappa shape index (κ2) is 8.47. The van der Waals surface area contributed by atoms with Crippen LogP contribution in [0.25, 0.3) is 0 Å². The fourth-order valence-electron chi connectivity index (χ4n) is 2.60. The van der Waals surface area contributed by atoms with Gasteiger partial charge in [0.2, 0.25) is 0 Å². The highest BCUT2D eigenvalue weighted by Gasteiger charge is 2.21. The summed E-state index contributed by atoms with van der Waals surface area (Å²) in [7, 11) is 0. The van der Waals surface area contributed by atoms with E-state index in [1.807, 2.05) is 0 Å². The van der Waals surface area contributed by atoms with Crippen molar-refractivity contribution in [1.82, 2.24) is 15.1 Å². The van der Waals surface area contributed by atoms with Crippen molar-refractivity contribution in [2.75, 3.05) is 18.4 Å². The fourth-order valence-corrected chi connectivity index (χ4v) is 3.25. The highest BCUT2D eigenvalue weighted by molar-refractivity contribution is 6.46. The molecule has 136 valence electrons. The van der Waals surface area contributed by atoms with E-state index in [4.69, 9.17) is 34.8 Å². The first kappa shape index (κ1) is 20.1. The predicted molar refractivity (Wildman–Crippen MR) is 102 cm³/mol. The van der Waals surface area contributed by atoms with Crippen LogP contribution in [0.3, 0.4) is 0 Å². The minimum absolute atomic E-state index is 0. The number of carbonyl (C=O) groups is 1. The Bertz CT molecular complexity index is 749. The van der Waals surface area contributed by atoms with Crippen molar-refractivity contribution in [3.8, 4) is 5.75 Å². The molecule has 10 heteroatoms. The number of phenolic OH excluding ortho intramolecular Hbond substituents is 1. The van der Waals surface area contributed by atoms with Crippen molar-refractivity contribution in [3.05, 3.63) is 39.1 Å². The van der Waals surface area contributed by atoms with Crippen molar-refractivity contribution in [2.24, 2.45) is 0 Å². The molecule has 0 aliphatic carbocycles. The lowest BCUT2D eigenvalue weighted by atomic mass is 10.1. The number of nitrogens with one attached hydrogen (secondary N) is 2. The third-order valence-corrected chi connectivity index (χ3v) is 4.95. The van der Waals surface area contributed by atoms with Gasteiger partial charge in [-0.15, -0.1) is 12.4 Å². The summed E-state index contributed by atoms with van der Waals surface area (Å²) in [4.78, 5) is 12.4. The molecule has 1 unspecified atom stereocenters. The number of piperidine rings is 1. The highest BCUT2D eigenvalue weighted by atomic mass is 35.5. The largest absolute Gasteiger partial charge is 0.504 e. The summed E-state index contributed by atoms with van der Waals surface area (Å²) in [5, 5.41) is 20.2. The average molecular weight is 426 g/mol. The summed E-state index contributed by atoms with van der Waals surface area (Å²) in [6.07, 6.45) is 3.84. The second-order valence-corrected chi connectivity index (χ2v) is 6.71. The quantitative estimate of drug-likeness (QED) is 0.509. The Balaban J connectivity index is 0.00000225. The molecule has 3 rings (SSSR count). The van der Waals surface area contributed by atoms with E-state index in [9.17, 15) is 9.90 Å². The molecule has 0 saturated carbocycles. The number of nitrogens with zero attached hydrogens (tertiary/aromatic N) is 2. The lowest BCUT2D eigenvalue weighted by molar-refractivity contribution is 0.102. The van der Waals surface area contributed by atoms with E-state index in [1.165, 1.54) is 6.07 Å². The van der Waals surface area contributed by atoms with E-state index >= 15 is 0 Å². The van der Waals surface area contributed by atoms with E-state index in [0.717, 1.165) is 25.9 Å². The van der Waals surface area contributed by atoms with Crippen molar-refractivity contribution in [1.29, 1.82) is 0 Å². The summed E-state index contributed by atoms with van der Waals surface area (Å²) in [6, 6.07) is 3.14. The summed E-state index contributed by atoms with van der Waals surface area (Å²) < 4.78 is 1.77. The lowest BCUT2D eigenvalue weighted by Crippen LogP contribution is -2.32. The van der Waals surface area contributed by atoms with Crippen LogP contribution in [0.5, 0.6) is 5.75 Å². The summed E-state index contributed by atoms with van der Waals surface area (Å²) in [5.41, 5.74) is 0.181. The number of anilines is 1. The van der Waals surface area contributed by atoms with Gasteiger partial charge >= 0.3 is 0 Å². The first-order valence-corrected chi connectivity index (χ1v) is 8.54. The van der Waals surface area contributed by atoms with E-state index in [1.54, 1.807) is 16.9 Å². The molecule has 1 amide bonds. The van der Waals surface area contributed by atoms with Crippen LogP contribution in [0.15, 0.2) is 18.3 Å². The van der Waals surface area contributed by atoms with Gasteiger partial charge in [-0.25, -0.2) is 0 Å². The molecule has 25 heavy (non-hydrogen) atoms. The molecule has 0 spiro atoms. The first-order valence-electron chi connectivity index (χ1n) is 7.41. The van der Waals surface area contributed by atoms with Crippen molar-refractivity contribution >= 4 is 58.8 Å². The molecule has 1 aliphatic rings. The zero-order chi connectivity index (χ0) is 17.3. The second-order valence-electron chi connectivity index (χ2n) is 5.51. The average Bonchev–Trinajstić information content (AvgIpc) is 3.08. The Morgan fingerprint density at radius 1 is 1.36 bits per heavy atom. The molecule has 2 aromatic rings. The number of aromatic nitrogens is 2. The van der Waals surface area contributed by atoms with Crippen LogP contribution >= 0.6 is 47.2 Å². The van der Waals surface area contributed by atoms with Crippen molar-refractivity contribution in [3.63, 3.8) is 0 Å². The third-order valence-electron chi connectivity index (χ3n) is 3.87. The van der Waals surface area contributed by atoms with Gasteiger partial charge < -0.3 is 15.7 Å². The molecule has 2 heterocycles. The molecule has 1 aliphatic heterocycles. The number of carbonyl (C=O) groups excluding carboxylic acids is 1. The lowest BCUT2D eigenvalue weighted by Gasteiger charge is -2.22. The molecule has 1 fully saturated rings. The van der Waals surface area contributed by atoms with Gasteiger partial charge in [-0.3, -0.25) is 9.48 Å². The Morgan fingerprint density at radius 2 is 2.12 bits per heavy atom. The van der Waals surface area contributed by atoms with Crippen LogP contribution in [-0.2, 0) is 0 Å². The number of benzene rings is 1. The van der Waals surface area contributed by atoms with Gasteiger partial charge in [-0.2, -0.15) is 5.10 Å². The standard InChI is InChI=1S/C15H15Cl3N4O2.ClH/c16-9-6-10(17)14(23)13(12(9)18)20-15(24)11-3-5-22(21-11)8-2-1-4-19-7-8;/h3,5-6,8,19,23H,1-2,4,7H2,(H,20,24);1H. The summed E-state index contributed by atoms with van der Waals surface area (Å²) >= 11 is 17.8. The molecule has 6 nitrogen and oxygen atoms in total. The first-order chi connectivity index (χ1) is 11.5. The topological polar surface area (TPSA) is 79.2 Å². The number of rotatable bonds is 3. The number of amides is 1. The normalized spacial score (nSPS) is 17.0. The predicted octanol–water partition coefficient (Wildman–Crippen LogP) is 4.15. The molecule has 0 radical (unpaired) electrons. The Kier molecular flexibility index (Phi) is 6.82. The van der Waals surface area contributed by atoms with Gasteiger partial charge in [0, 0.05) is 12.7 Å². The maximum atomic E-state index is 12.4. The fraction of sp³-hybridized carbons (Fsp3) is 0.333. The zero-order valence-electron chi connectivity index (χ0n) is 12.9. The van der Waals surface area contributed by atoms with Crippen LogP contribution in [0.4, 0.5) is 5.69 Å². The van der Waals surface area contributed by atoms with Gasteiger partial charge in [0.25, 0.3) is 5.91 Å². The molecule has 1 aromatic heterocycles. The maximum Gasteiger partial charge on any atom is 0.276 e. The third kappa shape index (κ3) is 4.33. The molecular weight excluding hydrogens is 410 g/mol. The monoisotopic (exact) mass is 424 g/mol. The van der Waals surface area contributed by atoms with E-state index in [2.05, 4.69) is 15.7 Å². The minimum Gasteiger partial charge on any atom is -0.504 e. The van der Waals surface area contributed by atoms with Crippen LogP contribution in [0.2, 0.25) is 15.1 Å². The van der Waals surface area contributed by atoms with Gasteiger partial charge in [0.15, 0.2) is 11.4 Å². The molecule has 0 bridgehead atoms. The Morgan fingerprint density at radius 3 is 2.80 bits per heavy atom. The minimum atomic E-state index is -0.506. The highest BCUT2D eigenvalue weighted by Crippen LogP contribution is 2.42. The number of hydrogen-bond donors (Lipinski definition) is 3. The van der Waals surface area contributed by atoms with E-state index in [0.29, 0.717) is 0 Å². The maximum absolute atomic E-state index is 12.4. The Hall–Kier alpha value is -1.18. The van der Waals surface area contributed by atoms with Gasteiger partial charge in [-0.05, 0) is 31.5 Å². The van der Waals surface area contributed by atoms with Gasteiger partial charge in [-0.1, -0.05) is 34.8 Å². The van der Waals surface area contributed by atoms with Crippen molar-refractivity contribution < 1.29 is 9.90 Å². The number of hydrogen-bond acceptors (Lipinski definition) is 4. The SMILES string of the molecule is Cl.O=C(Nc1c(O)c(Cl)cc(Cl)c1Cl)c1ccn(C2CCCNC2)n1. The molecular formula is C15H16Cl4N4O2. The molecule has 3 N–H and O–H groups in total. The molecule has 1 aromatic carbocycles. The summed E-state index contributed by atoms with van der Waals surface area (Å²) in [5.74, 6) is -0.844. The van der Waals surface area contributed by atoms with Gasteiger partial charge in [0.1, 0.15) is 5.69 Å². The number of halogens is 4. The molecule has 1 atom stereocenters. The molecule has 1 saturated heterocycles. The van der Waals surface area contributed by atoms with Crippen molar-refractivity contribution in [2.45, 2.75) is 18.9 Å². The van der Waals surface area contributed by atoms with Gasteiger partial charge in [0.05, 0.1) is 21.1 Å². The van der Waals surface area contributed by atoms with E-state index in [-0.39, 0.29) is 50.6 Å². The van der Waals surface area contributed by atoms with Crippen LogP contribution in [0.1, 0.15) is 29.4 Å². The van der Waals surface area contributed by atoms with E-state index < -0.39 is 5.91 Å². The Labute approximate surface area is 165 Å². The van der Waals surface area contributed by atoms with Crippen LogP contribution < -0.4 is 10.6 Å². The smallest absolute Gasteiger partial charge is 0.276 e. The van der Waals surface area contributed by atoms with Crippen LogP contribution in [-0.4, -0.2) is 33.9 Å². The summed E-state index contributed by atoms with van der Waals surface area (Å²) in [6.45, 7) is 1.82. The zero-order valence-corrected chi connectivity index (χ0v) is 16.0. The van der Waals surface area contributed by atoms with Crippen LogP contribution in [0, 0.1) is 0 Å².